The van der Waals surface area contributed by atoms with Crippen LogP contribution in [0.2, 0.25) is 0 Å². The minimum Gasteiger partial charge on any atom is -0.394 e. The highest BCUT2D eigenvalue weighted by atomic mass is 16.3. The van der Waals surface area contributed by atoms with E-state index in [9.17, 15) is 4.79 Å². The van der Waals surface area contributed by atoms with Crippen LogP contribution in [0.25, 0.3) is 0 Å². The Kier molecular flexibility index (Phi) is 3.11. The molecule has 0 spiro atoms. The van der Waals surface area contributed by atoms with Crippen molar-refractivity contribution in [2.75, 3.05) is 6.61 Å². The van der Waals surface area contributed by atoms with E-state index < -0.39 is 6.04 Å². The lowest BCUT2D eigenvalue weighted by Crippen LogP contribution is -2.17. The molecule has 0 bridgehead atoms. The third kappa shape index (κ3) is 2.34. The zero-order chi connectivity index (χ0) is 9.84. The lowest BCUT2D eigenvalue weighted by Gasteiger charge is -2.07. The SMILES string of the molecule is CC(=O)c1cccc([C@@H](N)CO)n1. The number of nitrogens with two attached hydrogens (primary N) is 1. The number of carbonyl (C=O) groups excluding carboxylic acids is 1. The van der Waals surface area contributed by atoms with E-state index in [1.807, 2.05) is 0 Å². The van der Waals surface area contributed by atoms with E-state index >= 15 is 0 Å². The van der Waals surface area contributed by atoms with Gasteiger partial charge in [-0.3, -0.25) is 4.79 Å². The highest BCUT2D eigenvalue weighted by molar-refractivity contribution is 5.92. The van der Waals surface area contributed by atoms with Crippen molar-refractivity contribution in [3.05, 3.63) is 29.6 Å². The van der Waals surface area contributed by atoms with Gasteiger partial charge >= 0.3 is 0 Å². The molecule has 0 saturated carbocycles. The number of rotatable bonds is 3. The predicted octanol–water partition coefficient (Wildman–Crippen LogP) is 0.276. The Hall–Kier alpha value is -1.26. The molecule has 3 N–H and O–H groups in total. The summed E-state index contributed by atoms with van der Waals surface area (Å²) in [5.41, 5.74) is 6.45. The summed E-state index contributed by atoms with van der Waals surface area (Å²) in [6.45, 7) is 1.27. The van der Waals surface area contributed by atoms with Gasteiger partial charge in [0.1, 0.15) is 5.69 Å². The molecule has 0 aliphatic rings. The van der Waals surface area contributed by atoms with Gasteiger partial charge in [-0.25, -0.2) is 4.98 Å². The highest BCUT2D eigenvalue weighted by Gasteiger charge is 2.07. The van der Waals surface area contributed by atoms with Crippen LogP contribution in [0.3, 0.4) is 0 Å². The second-order valence-corrected chi connectivity index (χ2v) is 2.79. The number of nitrogens with zero attached hydrogens (tertiary/aromatic N) is 1. The fraction of sp³-hybridized carbons (Fsp3) is 0.333. The molecule has 1 aromatic rings. The lowest BCUT2D eigenvalue weighted by atomic mass is 10.2. The molecule has 0 amide bonds. The van der Waals surface area contributed by atoms with E-state index in [0.717, 1.165) is 0 Å². The van der Waals surface area contributed by atoms with E-state index in [-0.39, 0.29) is 12.4 Å². The number of pyridine rings is 1. The molecule has 4 heteroatoms. The Morgan fingerprint density at radius 3 is 2.92 bits per heavy atom. The second-order valence-electron chi connectivity index (χ2n) is 2.79. The lowest BCUT2D eigenvalue weighted by molar-refractivity contribution is 0.101. The van der Waals surface area contributed by atoms with Crippen LogP contribution >= 0.6 is 0 Å². The Labute approximate surface area is 76.4 Å². The molecule has 1 rings (SSSR count). The zero-order valence-electron chi connectivity index (χ0n) is 7.40. The van der Waals surface area contributed by atoms with Gasteiger partial charge in [-0.2, -0.15) is 0 Å². The van der Waals surface area contributed by atoms with E-state index in [0.29, 0.717) is 11.4 Å². The number of hydrogen-bond donors (Lipinski definition) is 2. The number of hydrogen-bond acceptors (Lipinski definition) is 4. The van der Waals surface area contributed by atoms with Crippen molar-refractivity contribution < 1.29 is 9.90 Å². The van der Waals surface area contributed by atoms with Crippen LogP contribution < -0.4 is 5.73 Å². The highest BCUT2D eigenvalue weighted by Crippen LogP contribution is 2.07. The van der Waals surface area contributed by atoms with Crippen LogP contribution in [0.15, 0.2) is 18.2 Å². The van der Waals surface area contributed by atoms with Gasteiger partial charge in [0.15, 0.2) is 5.78 Å². The molecule has 0 fully saturated rings. The van der Waals surface area contributed by atoms with Crippen LogP contribution in [0.4, 0.5) is 0 Å². The molecule has 4 nitrogen and oxygen atoms in total. The maximum Gasteiger partial charge on any atom is 0.178 e. The van der Waals surface area contributed by atoms with Crippen LogP contribution in [0, 0.1) is 0 Å². The van der Waals surface area contributed by atoms with Crippen LogP contribution in [0.1, 0.15) is 29.1 Å². The summed E-state index contributed by atoms with van der Waals surface area (Å²) in [4.78, 5) is 15.0. The van der Waals surface area contributed by atoms with Crippen molar-refractivity contribution in [3.63, 3.8) is 0 Å². The second kappa shape index (κ2) is 4.11. The molecule has 13 heavy (non-hydrogen) atoms. The third-order valence-electron chi connectivity index (χ3n) is 1.71. The van der Waals surface area contributed by atoms with Crippen LogP contribution in [-0.4, -0.2) is 22.5 Å². The average Bonchev–Trinajstić information content (AvgIpc) is 2.17. The number of carbonyl (C=O) groups is 1. The fourth-order valence-corrected chi connectivity index (χ4v) is 0.948. The Morgan fingerprint density at radius 2 is 2.38 bits per heavy atom. The summed E-state index contributed by atoms with van der Waals surface area (Å²) >= 11 is 0. The normalized spacial score (nSPS) is 12.5. The van der Waals surface area contributed by atoms with Gasteiger partial charge in [-0.15, -0.1) is 0 Å². The molecule has 0 aliphatic heterocycles. The summed E-state index contributed by atoms with van der Waals surface area (Å²) in [5.74, 6) is -0.105. The monoisotopic (exact) mass is 180 g/mol. The van der Waals surface area contributed by atoms with Crippen LogP contribution in [0.5, 0.6) is 0 Å². The molecule has 0 aliphatic carbocycles. The first-order chi connectivity index (χ1) is 6.15. The van der Waals surface area contributed by atoms with E-state index in [1.165, 1.54) is 6.92 Å². The van der Waals surface area contributed by atoms with Gasteiger partial charge in [-0.05, 0) is 12.1 Å². The van der Waals surface area contributed by atoms with Crippen molar-refractivity contribution in [1.82, 2.24) is 4.98 Å². The number of Topliss-reactive ketones (excluding diaryl/α,β-unsaturated/α-hetero) is 1. The molecule has 1 heterocycles. The van der Waals surface area contributed by atoms with Crippen molar-refractivity contribution in [3.8, 4) is 0 Å². The number of aliphatic hydroxyl groups excluding tert-OH is 1. The van der Waals surface area contributed by atoms with Crippen molar-refractivity contribution >= 4 is 5.78 Å². The van der Waals surface area contributed by atoms with E-state index in [1.54, 1.807) is 18.2 Å². The maximum atomic E-state index is 10.9. The Morgan fingerprint density at radius 1 is 1.69 bits per heavy atom. The van der Waals surface area contributed by atoms with Crippen molar-refractivity contribution in [1.29, 1.82) is 0 Å². The number of ketones is 1. The first-order valence-electron chi connectivity index (χ1n) is 3.99. The van der Waals surface area contributed by atoms with Crippen molar-refractivity contribution in [2.45, 2.75) is 13.0 Å². The Bertz CT molecular complexity index is 312. The summed E-state index contributed by atoms with van der Waals surface area (Å²) < 4.78 is 0. The topological polar surface area (TPSA) is 76.2 Å². The van der Waals surface area contributed by atoms with Gasteiger partial charge in [0, 0.05) is 6.92 Å². The predicted molar refractivity (Wildman–Crippen MR) is 48.3 cm³/mol. The molecule has 0 saturated heterocycles. The van der Waals surface area contributed by atoms with Gasteiger partial charge in [0.25, 0.3) is 0 Å². The summed E-state index contributed by atoms with van der Waals surface area (Å²) in [6, 6.07) is 4.50. The molecule has 70 valence electrons. The van der Waals surface area contributed by atoms with Gasteiger partial charge < -0.3 is 10.8 Å². The summed E-state index contributed by atoms with van der Waals surface area (Å²) in [6.07, 6.45) is 0. The summed E-state index contributed by atoms with van der Waals surface area (Å²) in [5, 5.41) is 8.77. The molecular formula is C9H12N2O2. The first-order valence-corrected chi connectivity index (χ1v) is 3.99. The Balaban J connectivity index is 2.98. The quantitative estimate of drug-likeness (QED) is 0.655. The van der Waals surface area contributed by atoms with Crippen molar-refractivity contribution in [2.24, 2.45) is 5.73 Å². The molecule has 1 aromatic heterocycles. The van der Waals surface area contributed by atoms with Gasteiger partial charge in [0.2, 0.25) is 0 Å². The fourth-order valence-electron chi connectivity index (χ4n) is 0.948. The van der Waals surface area contributed by atoms with Gasteiger partial charge in [0.05, 0.1) is 18.3 Å². The molecule has 0 aromatic carbocycles. The number of aliphatic hydroxyl groups is 1. The van der Waals surface area contributed by atoms with Crippen LogP contribution in [-0.2, 0) is 0 Å². The molecular weight excluding hydrogens is 168 g/mol. The average molecular weight is 180 g/mol. The molecule has 0 unspecified atom stereocenters. The zero-order valence-corrected chi connectivity index (χ0v) is 7.40. The van der Waals surface area contributed by atoms with E-state index in [2.05, 4.69) is 4.98 Å². The summed E-state index contributed by atoms with van der Waals surface area (Å²) in [7, 11) is 0. The minimum atomic E-state index is -0.515. The van der Waals surface area contributed by atoms with E-state index in [4.69, 9.17) is 10.8 Å². The van der Waals surface area contributed by atoms with Gasteiger partial charge in [-0.1, -0.05) is 6.07 Å². The third-order valence-corrected chi connectivity index (χ3v) is 1.71. The number of aromatic nitrogens is 1. The maximum absolute atomic E-state index is 10.9. The molecule has 1 atom stereocenters. The smallest absolute Gasteiger partial charge is 0.178 e. The standard InChI is InChI=1S/C9H12N2O2/c1-6(13)8-3-2-4-9(11-8)7(10)5-12/h2-4,7,12H,5,10H2,1H3/t7-/m0/s1. The first kappa shape index (κ1) is 9.83. The largest absolute Gasteiger partial charge is 0.394 e. The molecule has 0 radical (unpaired) electrons. The minimum absolute atomic E-state index is 0.105.